The Hall–Kier alpha value is -3.04. The number of nitrogens with one attached hydrogen (secondary N) is 1. The maximum absolute atomic E-state index is 12.8. The van der Waals surface area contributed by atoms with Gasteiger partial charge < -0.3 is 9.84 Å². The van der Waals surface area contributed by atoms with Gasteiger partial charge in [0.1, 0.15) is 11.8 Å². The molecule has 7 nitrogen and oxygen atoms in total. The van der Waals surface area contributed by atoms with Crippen molar-refractivity contribution in [1.82, 2.24) is 10.2 Å². The van der Waals surface area contributed by atoms with Gasteiger partial charge >= 0.3 is 6.18 Å². The average molecular weight is 410 g/mol. The van der Waals surface area contributed by atoms with Crippen molar-refractivity contribution in [3.63, 3.8) is 0 Å². The first-order chi connectivity index (χ1) is 13.4. The van der Waals surface area contributed by atoms with Gasteiger partial charge in [-0.15, -0.1) is 0 Å². The van der Waals surface area contributed by atoms with Gasteiger partial charge in [0.05, 0.1) is 17.7 Å². The minimum atomic E-state index is -4.47. The topological polar surface area (TPSA) is 78.7 Å². The van der Waals surface area contributed by atoms with E-state index in [1.54, 1.807) is 6.07 Å². The predicted molar refractivity (Wildman–Crippen MR) is 98.9 cm³/mol. The standard InChI is InChI=1S/C19H21F3N4O3/c1-18(2,3)14-10-15(24-29-14)23-17(28)13-9-16(27)25(4)26(13)12-7-5-11(6-8-12)19(20,21)22/h5-8,10,13H,9H2,1-4H3,(H,23,24,28). The highest BCUT2D eigenvalue weighted by molar-refractivity contribution is 6.01. The number of nitrogens with zero attached hydrogens (tertiary/aromatic N) is 3. The summed E-state index contributed by atoms with van der Waals surface area (Å²) in [4.78, 5) is 25.0. The summed E-state index contributed by atoms with van der Waals surface area (Å²) in [5.74, 6) is -0.0711. The maximum Gasteiger partial charge on any atom is 0.416 e. The van der Waals surface area contributed by atoms with E-state index in [1.165, 1.54) is 29.2 Å². The van der Waals surface area contributed by atoms with Crippen molar-refractivity contribution >= 4 is 23.3 Å². The molecule has 1 aliphatic heterocycles. The average Bonchev–Trinajstić information content (AvgIpc) is 3.19. The van der Waals surface area contributed by atoms with Gasteiger partial charge in [-0.05, 0) is 24.3 Å². The van der Waals surface area contributed by atoms with E-state index in [0.29, 0.717) is 11.4 Å². The summed E-state index contributed by atoms with van der Waals surface area (Å²) in [7, 11) is 1.46. The van der Waals surface area contributed by atoms with Gasteiger partial charge in [-0.25, -0.2) is 0 Å². The first-order valence-electron chi connectivity index (χ1n) is 8.89. The lowest BCUT2D eigenvalue weighted by Gasteiger charge is -2.30. The molecule has 1 aliphatic rings. The number of halogens is 3. The van der Waals surface area contributed by atoms with Gasteiger partial charge in [0.25, 0.3) is 5.91 Å². The smallest absolute Gasteiger partial charge is 0.359 e. The number of alkyl halides is 3. The molecule has 0 bridgehead atoms. The summed E-state index contributed by atoms with van der Waals surface area (Å²) in [5.41, 5.74) is -0.819. The lowest BCUT2D eigenvalue weighted by atomic mass is 9.93. The molecule has 2 amide bonds. The third-order valence-corrected chi connectivity index (χ3v) is 4.61. The van der Waals surface area contributed by atoms with Crippen molar-refractivity contribution in [2.75, 3.05) is 17.4 Å². The zero-order chi connectivity index (χ0) is 21.6. The number of hydrogen-bond donors (Lipinski definition) is 1. The lowest BCUT2D eigenvalue weighted by Crippen LogP contribution is -2.45. The Morgan fingerprint density at radius 2 is 1.83 bits per heavy atom. The molecule has 3 rings (SSSR count). The number of anilines is 2. The molecule has 1 atom stereocenters. The van der Waals surface area contributed by atoms with Crippen molar-refractivity contribution in [2.45, 2.75) is 44.8 Å². The second kappa shape index (κ2) is 7.09. The highest BCUT2D eigenvalue weighted by Gasteiger charge is 2.41. The Morgan fingerprint density at radius 1 is 1.21 bits per heavy atom. The number of hydrazine groups is 1. The van der Waals surface area contributed by atoms with E-state index in [0.717, 1.165) is 12.1 Å². The van der Waals surface area contributed by atoms with Crippen LogP contribution in [0, 0.1) is 0 Å². The van der Waals surface area contributed by atoms with E-state index in [9.17, 15) is 22.8 Å². The Balaban J connectivity index is 1.82. The third-order valence-electron chi connectivity index (χ3n) is 4.61. The molecule has 0 spiro atoms. The number of amides is 2. The summed E-state index contributed by atoms with van der Waals surface area (Å²) in [6.45, 7) is 5.78. The second-order valence-electron chi connectivity index (χ2n) is 7.84. The lowest BCUT2D eigenvalue weighted by molar-refractivity contribution is -0.137. The normalized spacial score (nSPS) is 17.8. The third kappa shape index (κ3) is 4.20. The molecule has 0 radical (unpaired) electrons. The molecule has 156 valence electrons. The van der Waals surface area contributed by atoms with Crippen LogP contribution in [0.2, 0.25) is 0 Å². The van der Waals surface area contributed by atoms with Crippen molar-refractivity contribution in [2.24, 2.45) is 0 Å². The van der Waals surface area contributed by atoms with Crippen LogP contribution in [-0.2, 0) is 21.2 Å². The highest BCUT2D eigenvalue weighted by Crippen LogP contribution is 2.33. The molecule has 2 heterocycles. The van der Waals surface area contributed by atoms with Crippen LogP contribution in [0.15, 0.2) is 34.9 Å². The van der Waals surface area contributed by atoms with Gasteiger partial charge in [-0.1, -0.05) is 25.9 Å². The fourth-order valence-corrected chi connectivity index (χ4v) is 2.97. The summed E-state index contributed by atoms with van der Waals surface area (Å²) in [6, 6.07) is 4.94. The summed E-state index contributed by atoms with van der Waals surface area (Å²) >= 11 is 0. The quantitative estimate of drug-likeness (QED) is 0.837. The Labute approximate surface area is 165 Å². The van der Waals surface area contributed by atoms with Gasteiger partial charge in [0.15, 0.2) is 5.82 Å². The van der Waals surface area contributed by atoms with Crippen LogP contribution in [0.25, 0.3) is 0 Å². The maximum atomic E-state index is 12.8. The van der Waals surface area contributed by atoms with Gasteiger partial charge in [0, 0.05) is 18.5 Å². The van der Waals surface area contributed by atoms with Crippen LogP contribution in [0.4, 0.5) is 24.7 Å². The van der Waals surface area contributed by atoms with E-state index in [2.05, 4.69) is 10.5 Å². The van der Waals surface area contributed by atoms with E-state index in [4.69, 9.17) is 4.52 Å². The van der Waals surface area contributed by atoms with E-state index >= 15 is 0 Å². The molecule has 1 fully saturated rings. The zero-order valence-corrected chi connectivity index (χ0v) is 16.4. The molecule has 1 aromatic heterocycles. The van der Waals surface area contributed by atoms with Crippen LogP contribution >= 0.6 is 0 Å². The SMILES string of the molecule is CN1C(=O)CC(C(=O)Nc2cc(C(C)(C)C)on2)N1c1ccc(C(F)(F)F)cc1. The predicted octanol–water partition coefficient (Wildman–Crippen LogP) is 3.58. The van der Waals surface area contributed by atoms with Crippen molar-refractivity contribution in [1.29, 1.82) is 0 Å². The van der Waals surface area contributed by atoms with Crippen LogP contribution < -0.4 is 10.3 Å². The minimum absolute atomic E-state index is 0.118. The molecule has 1 unspecified atom stereocenters. The van der Waals surface area contributed by atoms with Crippen molar-refractivity contribution in [3.8, 4) is 0 Å². The molecular formula is C19H21F3N4O3. The number of rotatable bonds is 3. The number of carbonyl (C=O) groups excluding carboxylic acids is 2. The molecule has 0 aliphatic carbocycles. The first kappa shape index (κ1) is 20.7. The second-order valence-corrected chi connectivity index (χ2v) is 7.84. The zero-order valence-electron chi connectivity index (χ0n) is 16.4. The fraction of sp³-hybridized carbons (Fsp3) is 0.421. The van der Waals surface area contributed by atoms with E-state index in [-0.39, 0.29) is 23.6 Å². The molecule has 1 aromatic carbocycles. The molecule has 2 aromatic rings. The largest absolute Gasteiger partial charge is 0.416 e. The number of hydrogen-bond acceptors (Lipinski definition) is 5. The summed E-state index contributed by atoms with van der Waals surface area (Å²) in [5, 5.41) is 9.01. The highest BCUT2D eigenvalue weighted by atomic mass is 19.4. The monoisotopic (exact) mass is 410 g/mol. The van der Waals surface area contributed by atoms with Crippen LogP contribution in [-0.4, -0.2) is 35.1 Å². The fourth-order valence-electron chi connectivity index (χ4n) is 2.97. The summed E-state index contributed by atoms with van der Waals surface area (Å²) < 4.78 is 43.7. The Kier molecular flexibility index (Phi) is 5.06. The van der Waals surface area contributed by atoms with Crippen LogP contribution in [0.5, 0.6) is 0 Å². The molecule has 29 heavy (non-hydrogen) atoms. The number of aromatic nitrogens is 1. The number of benzene rings is 1. The number of carbonyl (C=O) groups is 2. The molecule has 0 saturated carbocycles. The minimum Gasteiger partial charge on any atom is -0.359 e. The van der Waals surface area contributed by atoms with E-state index < -0.39 is 23.7 Å². The first-order valence-corrected chi connectivity index (χ1v) is 8.89. The van der Waals surface area contributed by atoms with E-state index in [1.807, 2.05) is 20.8 Å². The van der Waals surface area contributed by atoms with Crippen LogP contribution in [0.3, 0.4) is 0 Å². The Bertz CT molecular complexity index is 916. The summed E-state index contributed by atoms with van der Waals surface area (Å²) in [6.07, 6.45) is -4.59. The van der Waals surface area contributed by atoms with Crippen LogP contribution in [0.1, 0.15) is 38.5 Å². The molecule has 1 N–H and O–H groups in total. The van der Waals surface area contributed by atoms with Crippen molar-refractivity contribution in [3.05, 3.63) is 41.7 Å². The molecule has 1 saturated heterocycles. The molecular weight excluding hydrogens is 389 g/mol. The van der Waals surface area contributed by atoms with Gasteiger partial charge in [-0.2, -0.15) is 13.2 Å². The van der Waals surface area contributed by atoms with Crippen molar-refractivity contribution < 1.29 is 27.3 Å². The van der Waals surface area contributed by atoms with Gasteiger partial charge in [-0.3, -0.25) is 19.6 Å². The van der Waals surface area contributed by atoms with Gasteiger partial charge in [0.2, 0.25) is 5.91 Å². The Morgan fingerprint density at radius 3 is 2.34 bits per heavy atom. The molecule has 10 heteroatoms.